The van der Waals surface area contributed by atoms with Crippen molar-refractivity contribution < 1.29 is 4.79 Å². The molecule has 0 saturated carbocycles. The summed E-state index contributed by atoms with van der Waals surface area (Å²) in [5, 5.41) is 0. The molecular formula is C21H14N4O. The summed E-state index contributed by atoms with van der Waals surface area (Å²) in [7, 11) is 0. The van der Waals surface area contributed by atoms with Crippen LogP contribution in [0.25, 0.3) is 28.0 Å². The zero-order valence-corrected chi connectivity index (χ0v) is 14.0. The summed E-state index contributed by atoms with van der Waals surface area (Å²) in [5.74, 6) is -0.0278. The molecule has 124 valence electrons. The van der Waals surface area contributed by atoms with E-state index in [1.54, 1.807) is 12.1 Å². The lowest BCUT2D eigenvalue weighted by molar-refractivity contribution is 0.103. The third kappa shape index (κ3) is 2.25. The molecule has 0 fully saturated rings. The number of hydrogen-bond donors (Lipinski definition) is 0. The maximum absolute atomic E-state index is 12.7. The molecule has 0 aliphatic heterocycles. The molecule has 0 amide bonds. The summed E-state index contributed by atoms with van der Waals surface area (Å²) >= 11 is 0. The van der Waals surface area contributed by atoms with Crippen LogP contribution in [-0.2, 0) is 0 Å². The van der Waals surface area contributed by atoms with E-state index in [4.69, 9.17) is 4.98 Å². The van der Waals surface area contributed by atoms with Gasteiger partial charge in [-0.05, 0) is 42.8 Å². The first-order chi connectivity index (χ1) is 12.7. The van der Waals surface area contributed by atoms with Crippen molar-refractivity contribution in [1.29, 1.82) is 0 Å². The van der Waals surface area contributed by atoms with Crippen LogP contribution >= 0.6 is 0 Å². The smallest absolute Gasteiger partial charge is 0.198 e. The molecule has 0 spiro atoms. The largest absolute Gasteiger partial charge is 0.289 e. The average molecular weight is 338 g/mol. The minimum Gasteiger partial charge on any atom is -0.289 e. The highest BCUT2D eigenvalue weighted by Gasteiger charge is 2.13. The molecule has 0 radical (unpaired) electrons. The normalized spacial score (nSPS) is 11.4. The first-order valence-corrected chi connectivity index (χ1v) is 8.35. The molecule has 5 nitrogen and oxygen atoms in total. The Morgan fingerprint density at radius 1 is 0.846 bits per heavy atom. The van der Waals surface area contributed by atoms with Crippen molar-refractivity contribution in [3.63, 3.8) is 0 Å². The quantitative estimate of drug-likeness (QED) is 0.457. The predicted molar refractivity (Wildman–Crippen MR) is 100 cm³/mol. The van der Waals surface area contributed by atoms with Gasteiger partial charge in [0.25, 0.3) is 0 Å². The molecule has 0 aliphatic carbocycles. The van der Waals surface area contributed by atoms with E-state index >= 15 is 0 Å². The number of ketones is 1. The van der Waals surface area contributed by atoms with Gasteiger partial charge in [-0.15, -0.1) is 0 Å². The van der Waals surface area contributed by atoms with Crippen LogP contribution in [0.1, 0.15) is 21.5 Å². The number of pyridine rings is 1. The lowest BCUT2D eigenvalue weighted by atomic mass is 10.0. The Morgan fingerprint density at radius 2 is 1.69 bits per heavy atom. The number of benzene rings is 2. The number of aromatic nitrogens is 4. The monoisotopic (exact) mass is 338 g/mol. The summed E-state index contributed by atoms with van der Waals surface area (Å²) in [6.45, 7) is 2.03. The number of fused-ring (bicyclic) bond motifs is 4. The van der Waals surface area contributed by atoms with Gasteiger partial charge < -0.3 is 0 Å². The average Bonchev–Trinajstić information content (AvgIpc) is 3.02. The number of nitrogens with zero attached hydrogens (tertiary/aromatic N) is 4. The molecule has 5 rings (SSSR count). The van der Waals surface area contributed by atoms with Gasteiger partial charge in [0.05, 0.1) is 11.0 Å². The third-order valence-corrected chi connectivity index (χ3v) is 4.47. The standard InChI is InChI=1S/C21H14N4O/c1-13-9-10-25-18(11-13)24-20-21(25)23-16-8-7-15(12-17(16)22-20)19(26)14-5-3-2-4-6-14/h2-12H,1H3. The van der Waals surface area contributed by atoms with Crippen LogP contribution < -0.4 is 0 Å². The Kier molecular flexibility index (Phi) is 3.09. The zero-order chi connectivity index (χ0) is 17.7. The molecule has 0 bridgehead atoms. The van der Waals surface area contributed by atoms with Gasteiger partial charge in [-0.3, -0.25) is 9.20 Å². The van der Waals surface area contributed by atoms with Gasteiger partial charge >= 0.3 is 0 Å². The van der Waals surface area contributed by atoms with Crippen LogP contribution in [0.5, 0.6) is 0 Å². The third-order valence-electron chi connectivity index (χ3n) is 4.47. The number of carbonyl (C=O) groups is 1. The van der Waals surface area contributed by atoms with Crippen molar-refractivity contribution in [2.45, 2.75) is 6.92 Å². The van der Waals surface area contributed by atoms with E-state index in [9.17, 15) is 4.79 Å². The molecule has 0 unspecified atom stereocenters. The van der Waals surface area contributed by atoms with Gasteiger partial charge in [0.1, 0.15) is 5.65 Å². The molecule has 5 aromatic rings. The minimum atomic E-state index is -0.0278. The molecule has 0 atom stereocenters. The second-order valence-electron chi connectivity index (χ2n) is 6.31. The molecule has 0 saturated heterocycles. The van der Waals surface area contributed by atoms with E-state index in [1.807, 2.05) is 66.1 Å². The summed E-state index contributed by atoms with van der Waals surface area (Å²) in [6, 6.07) is 18.7. The molecular weight excluding hydrogens is 324 g/mol. The van der Waals surface area contributed by atoms with Gasteiger partial charge in [-0.2, -0.15) is 0 Å². The first kappa shape index (κ1) is 14.7. The fraction of sp³-hybridized carbons (Fsp3) is 0.0476. The molecule has 26 heavy (non-hydrogen) atoms. The Labute approximate surface area is 149 Å². The van der Waals surface area contributed by atoms with Crippen molar-refractivity contribution in [1.82, 2.24) is 19.4 Å². The SMILES string of the molecule is Cc1ccn2c(c1)nc1nc3cc(C(=O)c4ccccc4)ccc3nc12. The van der Waals surface area contributed by atoms with Crippen LogP contribution in [0.4, 0.5) is 0 Å². The summed E-state index contributed by atoms with van der Waals surface area (Å²) in [4.78, 5) is 26.6. The van der Waals surface area contributed by atoms with Crippen molar-refractivity contribution in [2.24, 2.45) is 0 Å². The van der Waals surface area contributed by atoms with Crippen LogP contribution in [-0.4, -0.2) is 25.1 Å². The Bertz CT molecular complexity index is 1310. The van der Waals surface area contributed by atoms with Crippen LogP contribution in [0, 0.1) is 6.92 Å². The Morgan fingerprint density at radius 3 is 2.54 bits per heavy atom. The summed E-state index contributed by atoms with van der Waals surface area (Å²) < 4.78 is 1.93. The van der Waals surface area contributed by atoms with E-state index in [0.717, 1.165) is 22.4 Å². The van der Waals surface area contributed by atoms with E-state index < -0.39 is 0 Å². The van der Waals surface area contributed by atoms with Gasteiger partial charge in [-0.25, -0.2) is 15.0 Å². The Hall–Kier alpha value is -3.60. The minimum absolute atomic E-state index is 0.0278. The van der Waals surface area contributed by atoms with Gasteiger partial charge in [0.15, 0.2) is 17.1 Å². The first-order valence-electron chi connectivity index (χ1n) is 8.35. The number of hydrogen-bond acceptors (Lipinski definition) is 4. The van der Waals surface area contributed by atoms with Crippen molar-refractivity contribution >= 4 is 33.8 Å². The van der Waals surface area contributed by atoms with E-state index in [2.05, 4.69) is 9.97 Å². The maximum Gasteiger partial charge on any atom is 0.198 e. The maximum atomic E-state index is 12.7. The molecule has 5 heteroatoms. The van der Waals surface area contributed by atoms with Crippen molar-refractivity contribution in [3.05, 3.63) is 83.6 Å². The highest BCUT2D eigenvalue weighted by Crippen LogP contribution is 2.20. The van der Waals surface area contributed by atoms with Gasteiger partial charge in [-0.1, -0.05) is 30.3 Å². The number of carbonyl (C=O) groups excluding carboxylic acids is 1. The summed E-state index contributed by atoms with van der Waals surface area (Å²) in [6.07, 6.45) is 1.95. The second kappa shape index (κ2) is 5.46. The highest BCUT2D eigenvalue weighted by molar-refractivity contribution is 6.10. The highest BCUT2D eigenvalue weighted by atomic mass is 16.1. The number of aryl methyl sites for hydroxylation is 1. The van der Waals surface area contributed by atoms with Crippen molar-refractivity contribution in [3.8, 4) is 0 Å². The van der Waals surface area contributed by atoms with Crippen LogP contribution in [0.3, 0.4) is 0 Å². The topological polar surface area (TPSA) is 60.2 Å². The van der Waals surface area contributed by atoms with Crippen molar-refractivity contribution in [2.75, 3.05) is 0 Å². The molecule has 0 aliphatic rings. The molecule has 0 N–H and O–H groups in total. The molecule has 2 aromatic carbocycles. The Balaban J connectivity index is 1.70. The fourth-order valence-corrected chi connectivity index (χ4v) is 3.13. The lowest BCUT2D eigenvalue weighted by Crippen LogP contribution is -2.01. The van der Waals surface area contributed by atoms with E-state index in [1.165, 1.54) is 0 Å². The fourth-order valence-electron chi connectivity index (χ4n) is 3.13. The second-order valence-corrected chi connectivity index (χ2v) is 6.31. The predicted octanol–water partition coefficient (Wildman–Crippen LogP) is 3.97. The molecule has 3 heterocycles. The summed E-state index contributed by atoms with van der Waals surface area (Å²) in [5.41, 5.74) is 5.90. The van der Waals surface area contributed by atoms with E-state index in [0.29, 0.717) is 22.3 Å². The number of imidazole rings is 1. The van der Waals surface area contributed by atoms with Crippen LogP contribution in [0.2, 0.25) is 0 Å². The molecule has 3 aromatic heterocycles. The van der Waals surface area contributed by atoms with E-state index in [-0.39, 0.29) is 5.78 Å². The van der Waals surface area contributed by atoms with Gasteiger partial charge in [0.2, 0.25) is 0 Å². The number of rotatable bonds is 2. The zero-order valence-electron chi connectivity index (χ0n) is 14.0. The lowest BCUT2D eigenvalue weighted by Gasteiger charge is -2.03. The van der Waals surface area contributed by atoms with Crippen LogP contribution in [0.15, 0.2) is 66.9 Å². The van der Waals surface area contributed by atoms with Gasteiger partial charge in [0, 0.05) is 17.3 Å².